The number of fused-ring (bicyclic) bond motifs is 1. The van der Waals surface area contributed by atoms with Gasteiger partial charge in [-0.25, -0.2) is 17.2 Å². The molecule has 3 aromatic rings. The zero-order chi connectivity index (χ0) is 25.7. The lowest BCUT2D eigenvalue weighted by Gasteiger charge is -2.38. The van der Waals surface area contributed by atoms with Gasteiger partial charge in [0, 0.05) is 37.5 Å². The van der Waals surface area contributed by atoms with Crippen molar-refractivity contribution in [2.45, 2.75) is 32.4 Å². The Labute approximate surface area is 203 Å². The summed E-state index contributed by atoms with van der Waals surface area (Å²) < 4.78 is 52.7. The number of nitrogens with zero attached hydrogens (tertiary/aromatic N) is 4. The van der Waals surface area contributed by atoms with Gasteiger partial charge >= 0.3 is 0 Å². The molecular formula is C22H22F2N4O5S2. The quantitative estimate of drug-likeness (QED) is 0.525. The normalized spacial score (nSPS) is 16.1. The molecule has 0 bridgehead atoms. The Morgan fingerprint density at radius 3 is 2.57 bits per heavy atom. The van der Waals surface area contributed by atoms with Crippen LogP contribution in [-0.4, -0.2) is 63.7 Å². The largest absolute Gasteiger partial charge is 0.503 e. The number of carbonyl (C=O) groups is 1. The molecule has 9 nitrogen and oxygen atoms in total. The van der Waals surface area contributed by atoms with Gasteiger partial charge in [0.2, 0.25) is 5.43 Å². The fourth-order valence-electron chi connectivity index (χ4n) is 4.00. The van der Waals surface area contributed by atoms with Crippen LogP contribution in [0.25, 0.3) is 10.6 Å². The van der Waals surface area contributed by atoms with E-state index in [-0.39, 0.29) is 46.6 Å². The van der Waals surface area contributed by atoms with Gasteiger partial charge in [0.15, 0.2) is 16.5 Å². The molecule has 1 amide bonds. The van der Waals surface area contributed by atoms with Gasteiger partial charge < -0.3 is 14.6 Å². The minimum absolute atomic E-state index is 0.000569. The van der Waals surface area contributed by atoms with Gasteiger partial charge in [-0.1, -0.05) is 17.4 Å². The molecular weight excluding hydrogens is 502 g/mol. The topological polar surface area (TPSA) is 122 Å². The standard InChI is InChI=1S/C22H22F2N4O5S2/c1-11(2)27-8-14(10-35(3,32)33)28-9-15(19(29)20(30)18(28)22(27)31)21-26-25-17(34-21)6-12-4-5-13(23)7-16(12)24/h4-5,7,9,11,14,30H,6,8,10H2,1-3H3. The summed E-state index contributed by atoms with van der Waals surface area (Å²) in [4.78, 5) is 27.4. The molecule has 0 saturated heterocycles. The van der Waals surface area contributed by atoms with E-state index in [0.29, 0.717) is 5.01 Å². The highest BCUT2D eigenvalue weighted by molar-refractivity contribution is 7.90. The van der Waals surface area contributed by atoms with Crippen LogP contribution < -0.4 is 5.43 Å². The van der Waals surface area contributed by atoms with Gasteiger partial charge in [-0.3, -0.25) is 9.59 Å². The molecule has 0 spiro atoms. The summed E-state index contributed by atoms with van der Waals surface area (Å²) in [5.74, 6) is -3.17. The highest BCUT2D eigenvalue weighted by atomic mass is 32.2. The Balaban J connectivity index is 1.78. The number of halogens is 2. The van der Waals surface area contributed by atoms with Crippen molar-refractivity contribution in [2.24, 2.45) is 0 Å². The van der Waals surface area contributed by atoms with Crippen molar-refractivity contribution >= 4 is 27.1 Å². The molecule has 1 aliphatic heterocycles. The number of benzene rings is 1. The number of aromatic nitrogens is 3. The first-order chi connectivity index (χ1) is 16.4. The van der Waals surface area contributed by atoms with E-state index in [0.717, 1.165) is 29.7 Å². The van der Waals surface area contributed by atoms with Gasteiger partial charge in [-0.05, 0) is 25.5 Å². The minimum Gasteiger partial charge on any atom is -0.503 e. The molecule has 3 heterocycles. The van der Waals surface area contributed by atoms with Crippen molar-refractivity contribution in [2.75, 3.05) is 18.6 Å². The molecule has 4 rings (SSSR count). The molecule has 1 unspecified atom stereocenters. The Hall–Kier alpha value is -3.19. The Morgan fingerprint density at radius 1 is 1.23 bits per heavy atom. The van der Waals surface area contributed by atoms with Crippen molar-refractivity contribution in [3.05, 3.63) is 62.5 Å². The summed E-state index contributed by atoms with van der Waals surface area (Å²) in [6, 6.07) is 2.13. The summed E-state index contributed by atoms with van der Waals surface area (Å²) >= 11 is 0.967. The first-order valence-corrected chi connectivity index (χ1v) is 13.5. The fourth-order valence-corrected chi connectivity index (χ4v) is 5.83. The van der Waals surface area contributed by atoms with Crippen LogP contribution in [-0.2, 0) is 16.3 Å². The zero-order valence-corrected chi connectivity index (χ0v) is 20.7. The number of aromatic hydroxyl groups is 1. The van der Waals surface area contributed by atoms with E-state index in [4.69, 9.17) is 0 Å². The first kappa shape index (κ1) is 24.9. The van der Waals surface area contributed by atoms with Crippen LogP contribution in [0.4, 0.5) is 8.78 Å². The maximum atomic E-state index is 14.0. The zero-order valence-electron chi connectivity index (χ0n) is 19.0. The summed E-state index contributed by atoms with van der Waals surface area (Å²) in [6.45, 7) is 3.58. The number of amides is 1. The second-order valence-electron chi connectivity index (χ2n) is 8.69. The van der Waals surface area contributed by atoms with Gasteiger partial charge in [0.25, 0.3) is 5.91 Å². The molecule has 0 radical (unpaired) electrons. The third kappa shape index (κ3) is 4.96. The molecule has 0 fully saturated rings. The fraction of sp³-hybridized carbons (Fsp3) is 0.364. The number of sulfone groups is 1. The molecule has 13 heteroatoms. The molecule has 1 N–H and O–H groups in total. The second kappa shape index (κ2) is 9.11. The van der Waals surface area contributed by atoms with Crippen LogP contribution in [0.15, 0.2) is 29.2 Å². The third-order valence-corrected chi connectivity index (χ3v) is 7.59. The first-order valence-electron chi connectivity index (χ1n) is 10.6. The molecule has 1 aliphatic rings. The number of pyridine rings is 1. The van der Waals surface area contributed by atoms with Gasteiger partial charge in [0.1, 0.15) is 26.5 Å². The van der Waals surface area contributed by atoms with Crippen LogP contribution in [0.1, 0.15) is 40.9 Å². The van der Waals surface area contributed by atoms with Gasteiger partial charge in [0.05, 0.1) is 17.4 Å². The number of hydrogen-bond acceptors (Lipinski definition) is 8. The number of carbonyl (C=O) groups excluding carboxylic acids is 1. The lowest BCUT2D eigenvalue weighted by Crippen LogP contribution is -2.49. The summed E-state index contributed by atoms with van der Waals surface area (Å²) in [5, 5.41) is 19.1. The van der Waals surface area contributed by atoms with Crippen molar-refractivity contribution in [1.82, 2.24) is 19.7 Å². The van der Waals surface area contributed by atoms with Crippen molar-refractivity contribution in [1.29, 1.82) is 0 Å². The van der Waals surface area contributed by atoms with Crippen LogP contribution in [0, 0.1) is 11.6 Å². The maximum Gasteiger partial charge on any atom is 0.274 e. The number of hydrogen-bond donors (Lipinski definition) is 1. The summed E-state index contributed by atoms with van der Waals surface area (Å²) in [7, 11) is -3.48. The highest BCUT2D eigenvalue weighted by Gasteiger charge is 2.37. The molecule has 1 atom stereocenters. The Morgan fingerprint density at radius 2 is 1.94 bits per heavy atom. The lowest BCUT2D eigenvalue weighted by atomic mass is 10.1. The van der Waals surface area contributed by atoms with Crippen LogP contribution >= 0.6 is 11.3 Å². The van der Waals surface area contributed by atoms with Crippen molar-refractivity contribution < 1.29 is 27.1 Å². The number of rotatable bonds is 6. The van der Waals surface area contributed by atoms with E-state index in [9.17, 15) is 31.9 Å². The van der Waals surface area contributed by atoms with Gasteiger partial charge in [-0.2, -0.15) is 0 Å². The van der Waals surface area contributed by atoms with Crippen LogP contribution in [0.2, 0.25) is 0 Å². The predicted octanol–water partition coefficient (Wildman–Crippen LogP) is 2.39. The van der Waals surface area contributed by atoms with Gasteiger partial charge in [-0.15, -0.1) is 10.2 Å². The molecule has 186 valence electrons. The summed E-state index contributed by atoms with van der Waals surface area (Å²) in [5.41, 5.74) is -1.03. The third-order valence-electron chi connectivity index (χ3n) is 5.65. The van der Waals surface area contributed by atoms with E-state index in [1.807, 2.05) is 0 Å². The van der Waals surface area contributed by atoms with E-state index in [1.54, 1.807) is 13.8 Å². The maximum absolute atomic E-state index is 14.0. The Bertz CT molecular complexity index is 1480. The van der Waals surface area contributed by atoms with E-state index >= 15 is 0 Å². The van der Waals surface area contributed by atoms with Crippen LogP contribution in [0.3, 0.4) is 0 Å². The van der Waals surface area contributed by atoms with E-state index in [1.165, 1.54) is 21.7 Å². The van der Waals surface area contributed by atoms with Crippen molar-refractivity contribution in [3.8, 4) is 16.3 Å². The van der Waals surface area contributed by atoms with Crippen molar-refractivity contribution in [3.63, 3.8) is 0 Å². The van der Waals surface area contributed by atoms with E-state index < -0.39 is 44.6 Å². The molecule has 0 saturated carbocycles. The van der Waals surface area contributed by atoms with Crippen LogP contribution in [0.5, 0.6) is 5.75 Å². The molecule has 2 aromatic heterocycles. The smallest absolute Gasteiger partial charge is 0.274 e. The second-order valence-corrected chi connectivity index (χ2v) is 11.9. The predicted molar refractivity (Wildman–Crippen MR) is 125 cm³/mol. The minimum atomic E-state index is -3.48. The average Bonchev–Trinajstić information content (AvgIpc) is 3.21. The molecule has 35 heavy (non-hydrogen) atoms. The average molecular weight is 525 g/mol. The summed E-state index contributed by atoms with van der Waals surface area (Å²) in [6.07, 6.45) is 2.38. The molecule has 0 aliphatic carbocycles. The molecule has 1 aromatic carbocycles. The highest BCUT2D eigenvalue weighted by Crippen LogP contribution is 2.32. The Kier molecular flexibility index (Phi) is 6.49. The monoisotopic (exact) mass is 524 g/mol. The SMILES string of the molecule is CC(C)N1CC(CS(C)(=O)=O)n2cc(-c3nnc(Cc4ccc(F)cc4F)s3)c(=O)c(O)c2C1=O. The van der Waals surface area contributed by atoms with E-state index in [2.05, 4.69) is 10.2 Å². The lowest BCUT2D eigenvalue weighted by molar-refractivity contribution is 0.0609.